The molecule has 1 saturated heterocycles. The molecule has 0 saturated carbocycles. The van der Waals surface area contributed by atoms with Crippen LogP contribution in [0.25, 0.3) is 4.85 Å². The van der Waals surface area contributed by atoms with Crippen LogP contribution < -0.4 is 0 Å². The number of ether oxygens (including phenoxy) is 1. The molecule has 1 aromatic rings. The highest BCUT2D eigenvalue weighted by Gasteiger charge is 2.39. The third kappa shape index (κ3) is 3.86. The molecule has 9 heteroatoms. The minimum atomic E-state index is -0.647. The standard InChI is InChI=1S/C14H17Br2FN4O2/c1-14(2,3)23-13(22)20-7-9(5-8(20)6-17)21-12(16)10(18-4)11(15)19-21/h8-9H,5-7H2,1-3H3/t8-,9+/m1/s1. The van der Waals surface area contributed by atoms with Crippen molar-refractivity contribution in [3.63, 3.8) is 0 Å². The van der Waals surface area contributed by atoms with Gasteiger partial charge in [0.1, 0.15) is 21.5 Å². The summed E-state index contributed by atoms with van der Waals surface area (Å²) in [5, 5.41) is 4.27. The zero-order valence-corrected chi connectivity index (χ0v) is 16.2. The van der Waals surface area contributed by atoms with Crippen molar-refractivity contribution in [3.8, 4) is 0 Å². The van der Waals surface area contributed by atoms with Gasteiger partial charge in [-0.05, 0) is 59.1 Å². The Morgan fingerprint density at radius 1 is 1.52 bits per heavy atom. The van der Waals surface area contributed by atoms with E-state index in [1.165, 1.54) is 4.90 Å². The van der Waals surface area contributed by atoms with E-state index in [0.717, 1.165) is 0 Å². The lowest BCUT2D eigenvalue weighted by Crippen LogP contribution is -2.40. The highest BCUT2D eigenvalue weighted by molar-refractivity contribution is 9.11. The summed E-state index contributed by atoms with van der Waals surface area (Å²) in [6.45, 7) is 12.1. The average molecular weight is 452 g/mol. The topological polar surface area (TPSA) is 51.7 Å². The van der Waals surface area contributed by atoms with Crippen LogP contribution in [-0.4, -0.2) is 45.6 Å². The maximum absolute atomic E-state index is 13.3. The maximum Gasteiger partial charge on any atom is 0.410 e. The number of carbonyl (C=O) groups is 1. The van der Waals surface area contributed by atoms with E-state index in [4.69, 9.17) is 11.3 Å². The van der Waals surface area contributed by atoms with Crippen LogP contribution in [0, 0.1) is 6.57 Å². The number of aromatic nitrogens is 2. The van der Waals surface area contributed by atoms with Crippen LogP contribution in [0.1, 0.15) is 33.2 Å². The third-order valence-corrected chi connectivity index (χ3v) is 4.72. The lowest BCUT2D eigenvalue weighted by molar-refractivity contribution is 0.0203. The van der Waals surface area contributed by atoms with Gasteiger partial charge in [0.05, 0.1) is 18.7 Å². The Balaban J connectivity index is 2.22. The summed E-state index contributed by atoms with van der Waals surface area (Å²) >= 11 is 6.58. The highest BCUT2D eigenvalue weighted by atomic mass is 79.9. The second-order valence-electron chi connectivity index (χ2n) is 6.32. The van der Waals surface area contributed by atoms with Crippen LogP contribution in [0.4, 0.5) is 14.9 Å². The molecule has 1 fully saturated rings. The second-order valence-corrected chi connectivity index (χ2v) is 7.82. The zero-order chi connectivity index (χ0) is 17.4. The first-order valence-corrected chi connectivity index (χ1v) is 8.63. The Bertz CT molecular complexity index is 650. The molecule has 1 aliphatic rings. The van der Waals surface area contributed by atoms with E-state index in [9.17, 15) is 9.18 Å². The first kappa shape index (κ1) is 18.2. The van der Waals surface area contributed by atoms with Gasteiger partial charge in [-0.3, -0.25) is 4.68 Å². The predicted molar refractivity (Wildman–Crippen MR) is 90.2 cm³/mol. The molecule has 2 heterocycles. The molecule has 1 aliphatic heterocycles. The van der Waals surface area contributed by atoms with Gasteiger partial charge in [-0.15, -0.1) is 0 Å². The summed E-state index contributed by atoms with van der Waals surface area (Å²) < 4.78 is 21.2. The van der Waals surface area contributed by atoms with Gasteiger partial charge in [-0.2, -0.15) is 5.10 Å². The van der Waals surface area contributed by atoms with Gasteiger partial charge in [0.25, 0.3) is 5.69 Å². The quantitative estimate of drug-likeness (QED) is 0.623. The highest BCUT2D eigenvalue weighted by Crippen LogP contribution is 2.38. The molecule has 0 N–H and O–H groups in total. The van der Waals surface area contributed by atoms with Gasteiger partial charge < -0.3 is 9.64 Å². The summed E-state index contributed by atoms with van der Waals surface area (Å²) in [5.74, 6) is 0. The lowest BCUT2D eigenvalue weighted by Gasteiger charge is -2.27. The first-order valence-electron chi connectivity index (χ1n) is 7.04. The van der Waals surface area contributed by atoms with Crippen LogP contribution in [-0.2, 0) is 4.74 Å². The van der Waals surface area contributed by atoms with Crippen molar-refractivity contribution in [3.05, 3.63) is 20.6 Å². The van der Waals surface area contributed by atoms with E-state index in [2.05, 4.69) is 41.8 Å². The number of hydrogen-bond acceptors (Lipinski definition) is 3. The molecule has 0 spiro atoms. The van der Waals surface area contributed by atoms with E-state index in [1.54, 1.807) is 25.5 Å². The zero-order valence-electron chi connectivity index (χ0n) is 13.0. The molecule has 0 bridgehead atoms. The smallest absolute Gasteiger partial charge is 0.410 e. The molecular formula is C14H17Br2FN4O2. The minimum Gasteiger partial charge on any atom is -0.444 e. The average Bonchev–Trinajstić information content (AvgIpc) is 2.98. The number of hydrogen-bond donors (Lipinski definition) is 0. The van der Waals surface area contributed by atoms with Crippen molar-refractivity contribution in [2.45, 2.75) is 44.9 Å². The molecule has 1 amide bonds. The van der Waals surface area contributed by atoms with Gasteiger partial charge in [-0.25, -0.2) is 14.0 Å². The normalized spacial score (nSPS) is 21.3. The van der Waals surface area contributed by atoms with Crippen molar-refractivity contribution in [2.75, 3.05) is 13.2 Å². The summed E-state index contributed by atoms with van der Waals surface area (Å²) in [6, 6.07) is -0.773. The van der Waals surface area contributed by atoms with Crippen molar-refractivity contribution < 1.29 is 13.9 Å². The number of nitrogens with zero attached hydrogens (tertiary/aromatic N) is 4. The Kier molecular flexibility index (Phi) is 5.36. The number of amides is 1. The third-order valence-electron chi connectivity index (χ3n) is 3.44. The molecule has 0 radical (unpaired) electrons. The largest absolute Gasteiger partial charge is 0.444 e. The van der Waals surface area contributed by atoms with Crippen LogP contribution in [0.3, 0.4) is 0 Å². The fourth-order valence-electron chi connectivity index (χ4n) is 2.47. The fourth-order valence-corrected chi connectivity index (χ4v) is 3.83. The van der Waals surface area contributed by atoms with Crippen LogP contribution >= 0.6 is 31.9 Å². The predicted octanol–water partition coefficient (Wildman–Crippen LogP) is 4.48. The molecule has 1 aromatic heterocycles. The molecular weight excluding hydrogens is 435 g/mol. The molecule has 2 atom stereocenters. The van der Waals surface area contributed by atoms with Crippen molar-refractivity contribution in [1.82, 2.24) is 14.7 Å². The maximum atomic E-state index is 13.3. The number of alkyl halides is 1. The van der Waals surface area contributed by atoms with E-state index in [1.807, 2.05) is 0 Å². The molecule has 6 nitrogen and oxygen atoms in total. The van der Waals surface area contributed by atoms with Gasteiger partial charge in [0.15, 0.2) is 0 Å². The van der Waals surface area contributed by atoms with Crippen LogP contribution in [0.5, 0.6) is 0 Å². The van der Waals surface area contributed by atoms with E-state index in [-0.39, 0.29) is 12.6 Å². The van der Waals surface area contributed by atoms with Crippen LogP contribution in [0.2, 0.25) is 0 Å². The lowest BCUT2D eigenvalue weighted by atomic mass is 10.2. The van der Waals surface area contributed by atoms with Crippen molar-refractivity contribution in [2.24, 2.45) is 0 Å². The molecule has 0 aromatic carbocycles. The second kappa shape index (κ2) is 6.77. The molecule has 0 unspecified atom stereocenters. The SMILES string of the molecule is [C-]#[N+]c1c(Br)nn([C@H]2C[C@H](CF)N(C(=O)OC(C)(C)C)C2)c1Br. The van der Waals surface area contributed by atoms with Gasteiger partial charge in [-0.1, -0.05) is 0 Å². The summed E-state index contributed by atoms with van der Waals surface area (Å²) in [7, 11) is 0. The van der Waals surface area contributed by atoms with E-state index in [0.29, 0.717) is 21.3 Å². The monoisotopic (exact) mass is 450 g/mol. The van der Waals surface area contributed by atoms with Gasteiger partial charge in [0.2, 0.25) is 0 Å². The molecule has 0 aliphatic carbocycles. The first-order chi connectivity index (χ1) is 10.7. The summed E-state index contributed by atoms with van der Waals surface area (Å²) in [5.41, 5.74) is -0.277. The van der Waals surface area contributed by atoms with Crippen molar-refractivity contribution >= 4 is 43.6 Å². The Labute approximate surface area is 151 Å². The number of rotatable bonds is 2. The molecule has 126 valence electrons. The number of likely N-dealkylation sites (tertiary alicyclic amines) is 1. The molecule has 2 rings (SSSR count). The minimum absolute atomic E-state index is 0.218. The Morgan fingerprint density at radius 2 is 2.17 bits per heavy atom. The van der Waals surface area contributed by atoms with E-state index >= 15 is 0 Å². The number of carbonyl (C=O) groups excluding carboxylic acids is 1. The number of halogens is 3. The van der Waals surface area contributed by atoms with Crippen molar-refractivity contribution in [1.29, 1.82) is 0 Å². The van der Waals surface area contributed by atoms with Gasteiger partial charge >= 0.3 is 6.09 Å². The van der Waals surface area contributed by atoms with Gasteiger partial charge in [0, 0.05) is 6.54 Å². The molecule has 23 heavy (non-hydrogen) atoms. The van der Waals surface area contributed by atoms with E-state index < -0.39 is 24.4 Å². The van der Waals surface area contributed by atoms with Crippen LogP contribution in [0.15, 0.2) is 9.21 Å². The summed E-state index contributed by atoms with van der Waals surface area (Å²) in [4.78, 5) is 17.1. The Morgan fingerprint density at radius 3 is 2.65 bits per heavy atom. The Hall–Kier alpha value is -1.14. The fraction of sp³-hybridized carbons (Fsp3) is 0.643. The summed E-state index contributed by atoms with van der Waals surface area (Å²) in [6.07, 6.45) is -0.115.